The Hall–Kier alpha value is -1.07. The van der Waals surface area contributed by atoms with Crippen molar-refractivity contribution in [1.29, 1.82) is 0 Å². The second kappa shape index (κ2) is 6.75. The van der Waals surface area contributed by atoms with Gasteiger partial charge in [0.2, 0.25) is 0 Å². The van der Waals surface area contributed by atoms with Gasteiger partial charge in [-0.15, -0.1) is 0 Å². The maximum absolute atomic E-state index is 11.7. The van der Waals surface area contributed by atoms with Crippen LogP contribution in [0, 0.1) is 0 Å². The van der Waals surface area contributed by atoms with Gasteiger partial charge in [0.25, 0.3) is 0 Å². The molecular weight excluding hydrogens is 248 g/mol. The minimum Gasteiger partial charge on any atom is -0.373 e. The van der Waals surface area contributed by atoms with Gasteiger partial charge in [-0.3, -0.25) is 0 Å². The Morgan fingerprint density at radius 2 is 1.89 bits per heavy atom. The molecule has 0 saturated carbocycles. The molecule has 1 rings (SSSR count). The Bertz CT molecular complexity index is 472. The lowest BCUT2D eigenvalue weighted by atomic mass is 10.1. The van der Waals surface area contributed by atoms with Crippen molar-refractivity contribution in [2.75, 3.05) is 30.0 Å². The molecule has 0 aliphatic carbocycles. The number of hydrogen-bond acceptors (Lipinski definition) is 4. The van der Waals surface area contributed by atoms with Gasteiger partial charge in [0, 0.05) is 31.6 Å². The number of sulfone groups is 1. The molecule has 1 aromatic carbocycles. The Morgan fingerprint density at radius 1 is 1.22 bits per heavy atom. The Morgan fingerprint density at radius 3 is 2.50 bits per heavy atom. The van der Waals surface area contributed by atoms with E-state index in [0.717, 1.165) is 11.3 Å². The molecule has 5 heteroatoms. The second-order valence-electron chi connectivity index (χ2n) is 4.41. The van der Waals surface area contributed by atoms with E-state index >= 15 is 0 Å². The topological polar surface area (TPSA) is 63.4 Å². The zero-order valence-corrected chi connectivity index (χ0v) is 11.9. The van der Waals surface area contributed by atoms with Crippen molar-refractivity contribution < 1.29 is 8.42 Å². The molecule has 0 aromatic heterocycles. The van der Waals surface area contributed by atoms with E-state index in [0.29, 0.717) is 19.5 Å². The van der Waals surface area contributed by atoms with Crippen LogP contribution in [-0.4, -0.2) is 33.5 Å². The molecule has 0 saturated heterocycles. The van der Waals surface area contributed by atoms with Crippen LogP contribution in [0.4, 0.5) is 5.69 Å². The number of rotatable bonds is 7. The zero-order valence-electron chi connectivity index (χ0n) is 11.1. The monoisotopic (exact) mass is 270 g/mol. The van der Waals surface area contributed by atoms with Gasteiger partial charge in [-0.05, 0) is 18.1 Å². The molecular formula is C13H22N2O2S. The highest BCUT2D eigenvalue weighted by Gasteiger charge is 2.12. The van der Waals surface area contributed by atoms with Crippen molar-refractivity contribution in [1.82, 2.24) is 0 Å². The molecule has 0 spiro atoms. The fourth-order valence-electron chi connectivity index (χ4n) is 1.87. The Kier molecular flexibility index (Phi) is 5.62. The van der Waals surface area contributed by atoms with Crippen LogP contribution in [0.1, 0.15) is 18.9 Å². The van der Waals surface area contributed by atoms with Gasteiger partial charge in [-0.25, -0.2) is 8.42 Å². The van der Waals surface area contributed by atoms with E-state index in [4.69, 9.17) is 5.73 Å². The average Bonchev–Trinajstić information content (AvgIpc) is 2.36. The highest BCUT2D eigenvalue weighted by Crippen LogP contribution is 2.18. The summed E-state index contributed by atoms with van der Waals surface area (Å²) in [5.41, 5.74) is 7.71. The molecule has 102 valence electrons. The molecule has 0 unspecified atom stereocenters. The van der Waals surface area contributed by atoms with Gasteiger partial charge in [-0.1, -0.05) is 25.1 Å². The van der Waals surface area contributed by atoms with Crippen molar-refractivity contribution in [3.8, 4) is 0 Å². The third-order valence-corrected chi connectivity index (χ3v) is 4.71. The highest BCUT2D eigenvalue weighted by atomic mass is 32.2. The summed E-state index contributed by atoms with van der Waals surface area (Å²) in [6.45, 7) is 2.84. The molecule has 0 aliphatic heterocycles. The van der Waals surface area contributed by atoms with E-state index in [1.807, 2.05) is 43.1 Å². The number of hydrogen-bond donors (Lipinski definition) is 1. The van der Waals surface area contributed by atoms with Gasteiger partial charge >= 0.3 is 0 Å². The van der Waals surface area contributed by atoms with E-state index < -0.39 is 9.84 Å². The summed E-state index contributed by atoms with van der Waals surface area (Å²) in [6.07, 6.45) is 0.672. The SMILES string of the molecule is CCCS(=O)(=O)CCN(C)c1ccccc1CN. The largest absolute Gasteiger partial charge is 0.373 e. The lowest BCUT2D eigenvalue weighted by Gasteiger charge is -2.22. The van der Waals surface area contributed by atoms with E-state index in [-0.39, 0.29) is 11.5 Å². The van der Waals surface area contributed by atoms with E-state index in [2.05, 4.69) is 0 Å². The lowest BCUT2D eigenvalue weighted by molar-refractivity contribution is 0.594. The van der Waals surface area contributed by atoms with E-state index in [1.54, 1.807) is 0 Å². The lowest BCUT2D eigenvalue weighted by Crippen LogP contribution is -2.27. The van der Waals surface area contributed by atoms with Crippen molar-refractivity contribution in [3.05, 3.63) is 29.8 Å². The predicted molar refractivity (Wildman–Crippen MR) is 76.5 cm³/mol. The predicted octanol–water partition coefficient (Wildman–Crippen LogP) is 1.41. The van der Waals surface area contributed by atoms with Crippen molar-refractivity contribution in [2.24, 2.45) is 5.73 Å². The second-order valence-corrected chi connectivity index (χ2v) is 6.71. The number of nitrogens with zero attached hydrogens (tertiary/aromatic N) is 1. The summed E-state index contributed by atoms with van der Waals surface area (Å²) < 4.78 is 23.3. The van der Waals surface area contributed by atoms with Gasteiger partial charge in [0.1, 0.15) is 0 Å². The first-order valence-electron chi connectivity index (χ1n) is 6.19. The molecule has 0 atom stereocenters. The normalized spacial score (nSPS) is 11.5. The fourth-order valence-corrected chi connectivity index (χ4v) is 3.24. The third kappa shape index (κ3) is 4.31. The summed E-state index contributed by atoms with van der Waals surface area (Å²) in [4.78, 5) is 1.95. The molecule has 0 fully saturated rings. The molecule has 2 N–H and O–H groups in total. The average molecular weight is 270 g/mol. The maximum atomic E-state index is 11.7. The highest BCUT2D eigenvalue weighted by molar-refractivity contribution is 7.91. The third-order valence-electron chi connectivity index (χ3n) is 2.88. The van der Waals surface area contributed by atoms with Crippen LogP contribution >= 0.6 is 0 Å². The van der Waals surface area contributed by atoms with Gasteiger partial charge < -0.3 is 10.6 Å². The zero-order chi connectivity index (χ0) is 13.6. The van der Waals surface area contributed by atoms with Gasteiger partial charge in [-0.2, -0.15) is 0 Å². The molecule has 0 radical (unpaired) electrons. The van der Waals surface area contributed by atoms with Crippen LogP contribution in [0.2, 0.25) is 0 Å². The van der Waals surface area contributed by atoms with Crippen LogP contribution in [0.15, 0.2) is 24.3 Å². The molecule has 18 heavy (non-hydrogen) atoms. The van der Waals surface area contributed by atoms with Gasteiger partial charge in [0.15, 0.2) is 9.84 Å². The van der Waals surface area contributed by atoms with Crippen molar-refractivity contribution >= 4 is 15.5 Å². The van der Waals surface area contributed by atoms with Crippen molar-refractivity contribution in [2.45, 2.75) is 19.9 Å². The molecule has 1 aromatic rings. The maximum Gasteiger partial charge on any atom is 0.152 e. The standard InChI is InChI=1S/C13H22N2O2S/c1-3-9-18(16,17)10-8-15(2)13-7-5-4-6-12(13)11-14/h4-7H,3,8-11,14H2,1-2H3. The van der Waals surface area contributed by atoms with Gasteiger partial charge in [0.05, 0.1) is 5.75 Å². The fraction of sp³-hybridized carbons (Fsp3) is 0.538. The minimum atomic E-state index is -2.93. The molecule has 0 aliphatic rings. The van der Waals surface area contributed by atoms with Crippen LogP contribution in [0.5, 0.6) is 0 Å². The molecule has 0 bridgehead atoms. The van der Waals surface area contributed by atoms with Crippen LogP contribution in [0.25, 0.3) is 0 Å². The molecule has 0 amide bonds. The van der Waals surface area contributed by atoms with E-state index in [1.165, 1.54) is 0 Å². The summed E-state index contributed by atoms with van der Waals surface area (Å²) >= 11 is 0. The molecule has 0 heterocycles. The number of nitrogens with two attached hydrogens (primary N) is 1. The first kappa shape index (κ1) is 15.0. The van der Waals surface area contributed by atoms with Crippen LogP contribution in [0.3, 0.4) is 0 Å². The number of benzene rings is 1. The Labute approximate surface area is 110 Å². The quantitative estimate of drug-likeness (QED) is 0.813. The van der Waals surface area contributed by atoms with Crippen LogP contribution in [-0.2, 0) is 16.4 Å². The molecule has 4 nitrogen and oxygen atoms in total. The van der Waals surface area contributed by atoms with Crippen LogP contribution < -0.4 is 10.6 Å². The minimum absolute atomic E-state index is 0.191. The van der Waals surface area contributed by atoms with E-state index in [9.17, 15) is 8.42 Å². The summed E-state index contributed by atoms with van der Waals surface area (Å²) in [7, 11) is -1.03. The Balaban J connectivity index is 2.68. The summed E-state index contributed by atoms with van der Waals surface area (Å²) in [5.74, 6) is 0.454. The number of anilines is 1. The van der Waals surface area contributed by atoms with Crippen molar-refractivity contribution in [3.63, 3.8) is 0 Å². The summed E-state index contributed by atoms with van der Waals surface area (Å²) in [5, 5.41) is 0. The summed E-state index contributed by atoms with van der Waals surface area (Å²) in [6, 6.07) is 7.81. The first-order chi connectivity index (χ1) is 8.50. The number of para-hydroxylation sites is 1. The smallest absolute Gasteiger partial charge is 0.152 e. The first-order valence-corrected chi connectivity index (χ1v) is 8.02.